The Morgan fingerprint density at radius 1 is 0.912 bits per heavy atom. The number of hydrogen-bond acceptors (Lipinski definition) is 4. The minimum Gasteiger partial charge on any atom is -0.497 e. The predicted molar refractivity (Wildman–Crippen MR) is 134 cm³/mol. The fraction of sp³-hybridized carbons (Fsp3) is 0.519. The van der Waals surface area contributed by atoms with E-state index in [0.717, 1.165) is 53.0 Å². The van der Waals surface area contributed by atoms with Crippen LogP contribution in [-0.2, 0) is 14.8 Å². The smallest absolute Gasteiger partial charge is 0.243 e. The van der Waals surface area contributed by atoms with Gasteiger partial charge in [-0.25, -0.2) is 8.42 Å². The van der Waals surface area contributed by atoms with Crippen LogP contribution in [0.2, 0.25) is 0 Å². The molecule has 2 fully saturated rings. The van der Waals surface area contributed by atoms with Crippen molar-refractivity contribution in [2.45, 2.75) is 64.3 Å². The van der Waals surface area contributed by atoms with E-state index in [2.05, 4.69) is 0 Å². The number of nitrogens with zero attached hydrogens (tertiary/aromatic N) is 2. The molecule has 6 nitrogen and oxygen atoms in total. The maximum atomic E-state index is 13.6. The Bertz CT molecular complexity index is 1140. The van der Waals surface area contributed by atoms with Crippen molar-refractivity contribution in [3.05, 3.63) is 58.1 Å². The summed E-state index contributed by atoms with van der Waals surface area (Å²) in [4.78, 5) is 15.9. The van der Waals surface area contributed by atoms with Crippen molar-refractivity contribution in [2.75, 3.05) is 26.7 Å². The van der Waals surface area contributed by atoms with Crippen molar-refractivity contribution in [1.29, 1.82) is 0 Å². The Morgan fingerprint density at radius 3 is 2.06 bits per heavy atom. The third-order valence-corrected chi connectivity index (χ3v) is 9.91. The largest absolute Gasteiger partial charge is 0.497 e. The zero-order valence-corrected chi connectivity index (χ0v) is 21.7. The average molecular weight is 485 g/mol. The lowest BCUT2D eigenvalue weighted by molar-refractivity contribution is -0.137. The maximum absolute atomic E-state index is 13.6. The summed E-state index contributed by atoms with van der Waals surface area (Å²) in [7, 11) is -1.95. The summed E-state index contributed by atoms with van der Waals surface area (Å²) in [5.41, 5.74) is 4.75. The number of sulfonamides is 1. The van der Waals surface area contributed by atoms with Gasteiger partial charge in [0, 0.05) is 25.6 Å². The molecule has 0 spiro atoms. The van der Waals surface area contributed by atoms with E-state index >= 15 is 0 Å². The van der Waals surface area contributed by atoms with Crippen molar-refractivity contribution >= 4 is 15.9 Å². The van der Waals surface area contributed by atoms with Gasteiger partial charge < -0.3 is 9.64 Å². The third kappa shape index (κ3) is 4.48. The highest BCUT2D eigenvalue weighted by atomic mass is 32.2. The van der Waals surface area contributed by atoms with Gasteiger partial charge in [0.15, 0.2) is 0 Å². The maximum Gasteiger partial charge on any atom is 0.243 e. The van der Waals surface area contributed by atoms with Gasteiger partial charge in [0.2, 0.25) is 15.9 Å². The molecule has 0 aliphatic carbocycles. The van der Waals surface area contributed by atoms with Gasteiger partial charge in [-0.2, -0.15) is 4.31 Å². The monoisotopic (exact) mass is 484 g/mol. The van der Waals surface area contributed by atoms with Crippen molar-refractivity contribution in [1.82, 2.24) is 9.21 Å². The van der Waals surface area contributed by atoms with Crippen molar-refractivity contribution in [2.24, 2.45) is 5.92 Å². The Labute approximate surface area is 204 Å². The molecule has 184 valence electrons. The SMILES string of the molecule is COc1ccc([C@H]2CCCN2C(=O)C2CCN(S(=O)(=O)c3c(C)c(C)cc(C)c3C)CC2)cc1. The molecule has 0 N–H and O–H groups in total. The first-order valence-electron chi connectivity index (χ1n) is 12.2. The van der Waals surface area contributed by atoms with Gasteiger partial charge in [0.25, 0.3) is 0 Å². The summed E-state index contributed by atoms with van der Waals surface area (Å²) >= 11 is 0. The van der Waals surface area contributed by atoms with Gasteiger partial charge in [-0.3, -0.25) is 4.79 Å². The molecule has 2 aromatic carbocycles. The number of likely N-dealkylation sites (tertiary alicyclic amines) is 1. The molecular formula is C27H36N2O4S. The van der Waals surface area contributed by atoms with Gasteiger partial charge in [-0.15, -0.1) is 0 Å². The highest BCUT2D eigenvalue weighted by Gasteiger charge is 2.38. The summed E-state index contributed by atoms with van der Waals surface area (Å²) in [5.74, 6) is 0.836. The zero-order valence-electron chi connectivity index (χ0n) is 20.9. The van der Waals surface area contributed by atoms with Gasteiger partial charge in [0.05, 0.1) is 18.0 Å². The molecule has 2 aliphatic rings. The van der Waals surface area contributed by atoms with Crippen LogP contribution in [0, 0.1) is 33.6 Å². The lowest BCUT2D eigenvalue weighted by Crippen LogP contribution is -2.44. The molecule has 2 saturated heterocycles. The van der Waals surface area contributed by atoms with Crippen LogP contribution in [0.1, 0.15) is 59.5 Å². The molecule has 34 heavy (non-hydrogen) atoms. The number of aryl methyl sites for hydroxylation is 2. The van der Waals surface area contributed by atoms with Crippen molar-refractivity contribution < 1.29 is 17.9 Å². The number of methoxy groups -OCH3 is 1. The van der Waals surface area contributed by atoms with E-state index in [4.69, 9.17) is 4.74 Å². The minimum atomic E-state index is -3.60. The quantitative estimate of drug-likeness (QED) is 0.617. The summed E-state index contributed by atoms with van der Waals surface area (Å²) < 4.78 is 34.0. The highest BCUT2D eigenvalue weighted by Crippen LogP contribution is 2.36. The molecule has 1 amide bonds. The summed E-state index contributed by atoms with van der Waals surface area (Å²) in [6.07, 6.45) is 3.07. The molecule has 0 unspecified atom stereocenters. The van der Waals surface area contributed by atoms with E-state index in [-0.39, 0.29) is 17.9 Å². The van der Waals surface area contributed by atoms with E-state index in [1.54, 1.807) is 11.4 Å². The molecular weight excluding hydrogens is 448 g/mol. The number of ether oxygens (including phenoxy) is 1. The van der Waals surface area contributed by atoms with Crippen LogP contribution >= 0.6 is 0 Å². The van der Waals surface area contributed by atoms with E-state index in [9.17, 15) is 13.2 Å². The summed E-state index contributed by atoms with van der Waals surface area (Å²) in [5, 5.41) is 0. The number of benzene rings is 2. The number of carbonyl (C=O) groups excluding carboxylic acids is 1. The number of rotatable bonds is 5. The molecule has 2 aromatic rings. The number of amides is 1. The van der Waals surface area contributed by atoms with Crippen LogP contribution in [-0.4, -0.2) is 50.3 Å². The van der Waals surface area contributed by atoms with Gasteiger partial charge in [-0.05, 0) is 93.3 Å². The first-order valence-corrected chi connectivity index (χ1v) is 13.6. The number of hydrogen-bond donors (Lipinski definition) is 0. The van der Waals surface area contributed by atoms with E-state index < -0.39 is 10.0 Å². The van der Waals surface area contributed by atoms with Gasteiger partial charge in [0.1, 0.15) is 5.75 Å². The molecule has 2 aliphatic heterocycles. The fourth-order valence-electron chi connectivity index (χ4n) is 5.48. The Hall–Kier alpha value is -2.38. The Morgan fingerprint density at radius 2 is 1.50 bits per heavy atom. The van der Waals surface area contributed by atoms with Crippen LogP contribution in [0.15, 0.2) is 35.2 Å². The molecule has 0 aromatic heterocycles. The van der Waals surface area contributed by atoms with Gasteiger partial charge >= 0.3 is 0 Å². The van der Waals surface area contributed by atoms with Crippen molar-refractivity contribution in [3.63, 3.8) is 0 Å². The first kappa shape index (κ1) is 24.7. The molecule has 2 heterocycles. The normalized spacial score (nSPS) is 20.0. The molecule has 7 heteroatoms. The topological polar surface area (TPSA) is 66.9 Å². The standard InChI is InChI=1S/C27H36N2O4S/c1-18-17-19(2)21(4)26(20(18)3)34(31,32)28-15-12-23(13-16-28)27(30)29-14-6-7-25(29)22-8-10-24(33-5)11-9-22/h8-11,17,23,25H,6-7,12-16H2,1-5H3/t25-/m1/s1. The molecule has 1 atom stereocenters. The lowest BCUT2D eigenvalue weighted by atomic mass is 9.95. The van der Waals surface area contributed by atoms with E-state index in [1.807, 2.05) is 62.9 Å². The summed E-state index contributed by atoms with van der Waals surface area (Å²) in [6, 6.07) is 10.1. The zero-order chi connectivity index (χ0) is 24.6. The second kappa shape index (κ2) is 9.70. The van der Waals surface area contributed by atoms with E-state index in [0.29, 0.717) is 30.8 Å². The average Bonchev–Trinajstić information content (AvgIpc) is 3.32. The molecule has 4 rings (SSSR count). The first-order chi connectivity index (χ1) is 16.1. The lowest BCUT2D eigenvalue weighted by Gasteiger charge is -2.35. The van der Waals surface area contributed by atoms with Crippen LogP contribution in [0.25, 0.3) is 0 Å². The Kier molecular flexibility index (Phi) is 7.06. The highest BCUT2D eigenvalue weighted by molar-refractivity contribution is 7.89. The van der Waals surface area contributed by atoms with Crippen LogP contribution in [0.5, 0.6) is 5.75 Å². The Balaban J connectivity index is 1.47. The number of carbonyl (C=O) groups is 1. The second-order valence-electron chi connectivity index (χ2n) is 9.73. The minimum absolute atomic E-state index is 0.0840. The molecule has 0 radical (unpaired) electrons. The second-order valence-corrected chi connectivity index (χ2v) is 11.6. The predicted octanol–water partition coefficient (Wildman–Crippen LogP) is 4.69. The van der Waals surface area contributed by atoms with Crippen molar-refractivity contribution in [3.8, 4) is 5.75 Å². The third-order valence-electron chi connectivity index (χ3n) is 7.73. The van der Waals surface area contributed by atoms with Gasteiger partial charge in [-0.1, -0.05) is 18.2 Å². The number of piperidine rings is 1. The van der Waals surface area contributed by atoms with Crippen LogP contribution in [0.3, 0.4) is 0 Å². The molecule has 0 saturated carbocycles. The van der Waals surface area contributed by atoms with Crippen LogP contribution in [0.4, 0.5) is 0 Å². The van der Waals surface area contributed by atoms with Crippen LogP contribution < -0.4 is 4.74 Å². The molecule has 0 bridgehead atoms. The summed E-state index contributed by atoms with van der Waals surface area (Å²) in [6.45, 7) is 9.21. The van der Waals surface area contributed by atoms with E-state index in [1.165, 1.54) is 0 Å². The fourth-order valence-corrected chi connectivity index (χ4v) is 7.52.